The molecular weight excluding hydrogens is 140 g/mol. The monoisotopic (exact) mass is 156 g/mol. The molecule has 0 rings (SSSR count). The number of ether oxygens (including phenoxy) is 1. The first-order valence-electron chi connectivity index (χ1n) is 3.70. The Kier molecular flexibility index (Phi) is 5.57. The van der Waals surface area contributed by atoms with Crippen molar-refractivity contribution >= 4 is 0 Å². The molecule has 2 nitrogen and oxygen atoms in total. The Balaban J connectivity index is 3.93. The summed E-state index contributed by atoms with van der Waals surface area (Å²) in [5, 5.41) is 8.51. The predicted molar refractivity (Wildman–Crippen MR) is 46.2 cm³/mol. The van der Waals surface area contributed by atoms with Gasteiger partial charge in [-0.1, -0.05) is 11.6 Å². The zero-order chi connectivity index (χ0) is 8.69. The molecule has 0 amide bonds. The molecule has 0 aliphatic heterocycles. The van der Waals surface area contributed by atoms with Crippen molar-refractivity contribution in [1.82, 2.24) is 0 Å². The second-order valence-corrected chi connectivity index (χ2v) is 2.42. The molecule has 2 heteroatoms. The molecule has 0 unspecified atom stereocenters. The van der Waals surface area contributed by atoms with E-state index in [9.17, 15) is 0 Å². The molecule has 0 aromatic heterocycles. The molecule has 0 aromatic rings. The lowest BCUT2D eigenvalue weighted by atomic mass is 10.2. The fraction of sp³-hybridized carbons (Fsp3) is 0.556. The van der Waals surface area contributed by atoms with Crippen LogP contribution in [-0.4, -0.2) is 18.8 Å². The van der Waals surface area contributed by atoms with Crippen LogP contribution >= 0.6 is 0 Å². The van der Waals surface area contributed by atoms with Gasteiger partial charge >= 0.3 is 0 Å². The predicted octanol–water partition coefficient (Wildman–Crippen LogP) is 1.87. The number of allylic oxidation sites excluding steroid dienone is 3. The Labute approximate surface area is 68.2 Å². The summed E-state index contributed by atoms with van der Waals surface area (Å²) in [4.78, 5) is 0. The molecule has 0 bridgehead atoms. The zero-order valence-corrected chi connectivity index (χ0v) is 7.42. The van der Waals surface area contributed by atoms with Gasteiger partial charge in [0.25, 0.3) is 0 Å². The van der Waals surface area contributed by atoms with Gasteiger partial charge in [-0.15, -0.1) is 0 Å². The number of aliphatic hydroxyl groups excluding tert-OH is 1. The molecule has 0 fully saturated rings. The van der Waals surface area contributed by atoms with Crippen molar-refractivity contribution in [2.24, 2.45) is 0 Å². The second-order valence-electron chi connectivity index (χ2n) is 2.42. The van der Waals surface area contributed by atoms with Gasteiger partial charge in [-0.25, -0.2) is 0 Å². The molecule has 0 atom stereocenters. The van der Waals surface area contributed by atoms with Crippen molar-refractivity contribution in [2.75, 3.05) is 13.7 Å². The van der Waals surface area contributed by atoms with E-state index in [2.05, 4.69) is 0 Å². The minimum atomic E-state index is 0.206. The van der Waals surface area contributed by atoms with Crippen molar-refractivity contribution in [3.8, 4) is 0 Å². The van der Waals surface area contributed by atoms with Gasteiger partial charge in [-0.2, -0.15) is 0 Å². The third-order valence-electron chi connectivity index (χ3n) is 1.35. The van der Waals surface area contributed by atoms with Crippen LogP contribution in [0.1, 0.15) is 20.3 Å². The highest BCUT2D eigenvalue weighted by atomic mass is 16.5. The average molecular weight is 156 g/mol. The lowest BCUT2D eigenvalue weighted by Gasteiger charge is -1.98. The van der Waals surface area contributed by atoms with Crippen LogP contribution < -0.4 is 0 Å². The topological polar surface area (TPSA) is 29.5 Å². The lowest BCUT2D eigenvalue weighted by Crippen LogP contribution is -1.82. The van der Waals surface area contributed by atoms with E-state index in [1.807, 2.05) is 26.0 Å². The van der Waals surface area contributed by atoms with Crippen LogP contribution in [0.25, 0.3) is 0 Å². The van der Waals surface area contributed by atoms with Crippen molar-refractivity contribution in [3.63, 3.8) is 0 Å². The van der Waals surface area contributed by atoms with E-state index in [4.69, 9.17) is 9.84 Å². The maximum atomic E-state index is 8.51. The maximum absolute atomic E-state index is 8.51. The van der Waals surface area contributed by atoms with Crippen LogP contribution in [0, 0.1) is 0 Å². The molecule has 11 heavy (non-hydrogen) atoms. The number of hydrogen-bond acceptors (Lipinski definition) is 2. The average Bonchev–Trinajstić information content (AvgIpc) is 2.00. The Morgan fingerprint density at radius 3 is 2.55 bits per heavy atom. The molecule has 0 spiro atoms. The number of rotatable bonds is 4. The van der Waals surface area contributed by atoms with Gasteiger partial charge in [0.2, 0.25) is 0 Å². The zero-order valence-electron chi connectivity index (χ0n) is 7.42. The fourth-order valence-corrected chi connectivity index (χ4v) is 0.731. The Morgan fingerprint density at radius 1 is 1.45 bits per heavy atom. The van der Waals surface area contributed by atoms with Gasteiger partial charge in [0, 0.05) is 6.61 Å². The summed E-state index contributed by atoms with van der Waals surface area (Å²) in [6.07, 6.45) is 4.62. The maximum Gasteiger partial charge on any atom is 0.0927 e. The van der Waals surface area contributed by atoms with E-state index in [1.54, 1.807) is 7.11 Å². The van der Waals surface area contributed by atoms with Gasteiger partial charge in [0.15, 0.2) is 0 Å². The summed E-state index contributed by atoms with van der Waals surface area (Å²) < 4.78 is 4.96. The smallest absolute Gasteiger partial charge is 0.0927 e. The van der Waals surface area contributed by atoms with E-state index >= 15 is 0 Å². The van der Waals surface area contributed by atoms with Crippen LogP contribution in [0.4, 0.5) is 0 Å². The van der Waals surface area contributed by atoms with Gasteiger partial charge < -0.3 is 9.84 Å². The van der Waals surface area contributed by atoms with Crippen LogP contribution in [0.3, 0.4) is 0 Å². The van der Waals surface area contributed by atoms with Crippen molar-refractivity contribution in [2.45, 2.75) is 20.3 Å². The summed E-state index contributed by atoms with van der Waals surface area (Å²) >= 11 is 0. The summed E-state index contributed by atoms with van der Waals surface area (Å²) in [5.74, 6) is 0.886. The van der Waals surface area contributed by atoms with Crippen LogP contribution in [0.5, 0.6) is 0 Å². The molecule has 64 valence electrons. The van der Waals surface area contributed by atoms with E-state index in [-0.39, 0.29) is 6.61 Å². The number of methoxy groups -OCH3 is 1. The molecule has 0 aromatic carbocycles. The van der Waals surface area contributed by atoms with Gasteiger partial charge in [-0.05, 0) is 26.3 Å². The standard InChI is InChI=1S/C9H16O2/c1-8(5-4-6-10)7-9(2)11-3/h5,7,10H,4,6H2,1-3H3/b8-5?,9-7-. The number of aliphatic hydroxyl groups is 1. The molecule has 0 saturated carbocycles. The third-order valence-corrected chi connectivity index (χ3v) is 1.35. The molecule has 0 radical (unpaired) electrons. The van der Waals surface area contributed by atoms with Gasteiger partial charge in [-0.3, -0.25) is 0 Å². The van der Waals surface area contributed by atoms with Crippen molar-refractivity contribution in [1.29, 1.82) is 0 Å². The third kappa shape index (κ3) is 5.67. The Morgan fingerprint density at radius 2 is 2.09 bits per heavy atom. The van der Waals surface area contributed by atoms with E-state index in [0.717, 1.165) is 11.3 Å². The normalized spacial score (nSPS) is 13.5. The largest absolute Gasteiger partial charge is 0.501 e. The molecule has 0 heterocycles. The molecule has 0 aliphatic carbocycles. The minimum absolute atomic E-state index is 0.206. The van der Waals surface area contributed by atoms with Gasteiger partial charge in [0.1, 0.15) is 0 Å². The highest BCUT2D eigenvalue weighted by molar-refractivity contribution is 5.17. The van der Waals surface area contributed by atoms with E-state index < -0.39 is 0 Å². The van der Waals surface area contributed by atoms with Crippen molar-refractivity contribution < 1.29 is 9.84 Å². The van der Waals surface area contributed by atoms with Crippen molar-refractivity contribution in [3.05, 3.63) is 23.5 Å². The first-order valence-corrected chi connectivity index (χ1v) is 3.70. The minimum Gasteiger partial charge on any atom is -0.501 e. The molecule has 1 N–H and O–H groups in total. The van der Waals surface area contributed by atoms with E-state index in [0.29, 0.717) is 6.42 Å². The molecule has 0 aliphatic rings. The Bertz CT molecular complexity index is 157. The summed E-state index contributed by atoms with van der Waals surface area (Å²) in [7, 11) is 1.64. The Hall–Kier alpha value is -0.760. The highest BCUT2D eigenvalue weighted by Crippen LogP contribution is 2.02. The SMILES string of the molecule is CO/C(C)=C\C(C)=CCCO. The van der Waals surface area contributed by atoms with Crippen LogP contribution in [0.2, 0.25) is 0 Å². The fourth-order valence-electron chi connectivity index (χ4n) is 0.731. The first kappa shape index (κ1) is 10.2. The summed E-state index contributed by atoms with van der Waals surface area (Å²) in [6, 6.07) is 0. The quantitative estimate of drug-likeness (QED) is 0.497. The van der Waals surface area contributed by atoms with Crippen LogP contribution in [-0.2, 0) is 4.74 Å². The van der Waals surface area contributed by atoms with Gasteiger partial charge in [0.05, 0.1) is 12.9 Å². The van der Waals surface area contributed by atoms with E-state index in [1.165, 1.54) is 0 Å². The molecule has 0 saturated heterocycles. The molecular formula is C9H16O2. The summed E-state index contributed by atoms with van der Waals surface area (Å²) in [5.41, 5.74) is 1.12. The number of hydrogen-bond donors (Lipinski definition) is 1. The highest BCUT2D eigenvalue weighted by Gasteiger charge is 1.86. The lowest BCUT2D eigenvalue weighted by molar-refractivity contribution is 0.293. The van der Waals surface area contributed by atoms with Crippen LogP contribution in [0.15, 0.2) is 23.5 Å². The summed E-state index contributed by atoms with van der Waals surface area (Å²) in [6.45, 7) is 4.09. The first-order chi connectivity index (χ1) is 5.20. The second kappa shape index (κ2) is 5.98.